The molecule has 0 aliphatic carbocycles. The topological polar surface area (TPSA) is 59.0 Å². The highest BCUT2D eigenvalue weighted by Crippen LogP contribution is 2.30. The second-order valence-corrected chi connectivity index (χ2v) is 6.57. The Morgan fingerprint density at radius 1 is 1.11 bits per heavy atom. The van der Waals surface area contributed by atoms with Gasteiger partial charge in [-0.15, -0.1) is 0 Å². The number of aryl methyl sites for hydroxylation is 1. The summed E-state index contributed by atoms with van der Waals surface area (Å²) in [6, 6.07) is 13.9. The zero-order valence-corrected chi connectivity index (χ0v) is 16.4. The lowest BCUT2D eigenvalue weighted by Gasteiger charge is -2.19. The van der Waals surface area contributed by atoms with Crippen molar-refractivity contribution in [1.29, 1.82) is 0 Å². The minimum atomic E-state index is -0.211. The van der Waals surface area contributed by atoms with E-state index in [1.165, 1.54) is 12.7 Å². The predicted molar refractivity (Wildman–Crippen MR) is 106 cm³/mol. The van der Waals surface area contributed by atoms with Gasteiger partial charge in [0.05, 0.1) is 13.7 Å². The van der Waals surface area contributed by atoms with E-state index in [0.717, 1.165) is 30.6 Å². The molecule has 0 bridgehead atoms. The van der Waals surface area contributed by atoms with E-state index in [-0.39, 0.29) is 11.7 Å². The number of esters is 1. The molecule has 0 heterocycles. The van der Waals surface area contributed by atoms with Gasteiger partial charge >= 0.3 is 5.97 Å². The van der Waals surface area contributed by atoms with Gasteiger partial charge in [0, 0.05) is 19.5 Å². The second kappa shape index (κ2) is 10.6. The van der Waals surface area contributed by atoms with Crippen molar-refractivity contribution in [1.82, 2.24) is 4.90 Å². The SMILES string of the molecule is CCOC(=O)CCc1cc(OC)c(O)cc1CCN(C)Cc1ccccc1. The highest BCUT2D eigenvalue weighted by Gasteiger charge is 2.13. The highest BCUT2D eigenvalue weighted by atomic mass is 16.5. The van der Waals surface area contributed by atoms with Crippen molar-refractivity contribution in [2.24, 2.45) is 0 Å². The number of hydrogen-bond donors (Lipinski definition) is 1. The largest absolute Gasteiger partial charge is 0.504 e. The summed E-state index contributed by atoms with van der Waals surface area (Å²) in [4.78, 5) is 13.9. The van der Waals surface area contributed by atoms with Gasteiger partial charge in [-0.25, -0.2) is 0 Å². The fourth-order valence-electron chi connectivity index (χ4n) is 3.04. The fraction of sp³-hybridized carbons (Fsp3) is 0.409. The highest BCUT2D eigenvalue weighted by molar-refractivity contribution is 5.69. The van der Waals surface area contributed by atoms with Gasteiger partial charge in [-0.2, -0.15) is 0 Å². The van der Waals surface area contributed by atoms with Crippen molar-refractivity contribution >= 4 is 5.97 Å². The van der Waals surface area contributed by atoms with Crippen molar-refractivity contribution < 1.29 is 19.4 Å². The maximum Gasteiger partial charge on any atom is 0.306 e. The third-order valence-corrected chi connectivity index (χ3v) is 4.46. The number of likely N-dealkylation sites (N-methyl/N-ethyl adjacent to an activating group) is 1. The van der Waals surface area contributed by atoms with E-state index in [1.54, 1.807) is 13.0 Å². The van der Waals surface area contributed by atoms with Gasteiger partial charge in [-0.1, -0.05) is 30.3 Å². The van der Waals surface area contributed by atoms with Crippen molar-refractivity contribution in [3.05, 3.63) is 59.2 Å². The fourth-order valence-corrected chi connectivity index (χ4v) is 3.04. The molecule has 0 aromatic heterocycles. The first kappa shape index (κ1) is 20.8. The summed E-state index contributed by atoms with van der Waals surface area (Å²) < 4.78 is 10.2. The molecule has 0 saturated heterocycles. The Bertz CT molecular complexity index is 731. The number of nitrogens with zero attached hydrogens (tertiary/aromatic N) is 1. The molecule has 0 radical (unpaired) electrons. The first-order chi connectivity index (χ1) is 13.0. The number of carbonyl (C=O) groups is 1. The number of carbonyl (C=O) groups excluding carboxylic acids is 1. The smallest absolute Gasteiger partial charge is 0.306 e. The van der Waals surface area contributed by atoms with Crippen LogP contribution in [0.2, 0.25) is 0 Å². The molecule has 0 aliphatic heterocycles. The maximum atomic E-state index is 11.7. The normalized spacial score (nSPS) is 10.8. The van der Waals surface area contributed by atoms with Gasteiger partial charge in [0.25, 0.3) is 0 Å². The van der Waals surface area contributed by atoms with Crippen LogP contribution in [0, 0.1) is 0 Å². The van der Waals surface area contributed by atoms with Gasteiger partial charge < -0.3 is 19.5 Å². The summed E-state index contributed by atoms with van der Waals surface area (Å²) in [5.74, 6) is 0.338. The summed E-state index contributed by atoms with van der Waals surface area (Å²) in [5, 5.41) is 10.1. The van der Waals surface area contributed by atoms with Crippen molar-refractivity contribution in [3.63, 3.8) is 0 Å². The van der Waals surface area contributed by atoms with E-state index in [0.29, 0.717) is 25.2 Å². The van der Waals surface area contributed by atoms with Gasteiger partial charge in [-0.3, -0.25) is 4.79 Å². The lowest BCUT2D eigenvalue weighted by atomic mass is 9.99. The Hall–Kier alpha value is -2.53. The van der Waals surface area contributed by atoms with Crippen LogP contribution in [0.1, 0.15) is 30.0 Å². The lowest BCUT2D eigenvalue weighted by Crippen LogP contribution is -2.21. The molecule has 2 rings (SSSR count). The molecule has 0 saturated carbocycles. The van der Waals surface area contributed by atoms with E-state index in [2.05, 4.69) is 24.1 Å². The number of methoxy groups -OCH3 is 1. The maximum absolute atomic E-state index is 11.7. The molecular weight excluding hydrogens is 342 g/mol. The minimum Gasteiger partial charge on any atom is -0.504 e. The molecule has 5 nitrogen and oxygen atoms in total. The molecule has 146 valence electrons. The molecule has 27 heavy (non-hydrogen) atoms. The van der Waals surface area contributed by atoms with Crippen LogP contribution in [0.5, 0.6) is 11.5 Å². The van der Waals surface area contributed by atoms with Crippen LogP contribution in [0.3, 0.4) is 0 Å². The number of phenolic OH excluding ortho intramolecular Hbond substituents is 1. The Balaban J connectivity index is 2.04. The average Bonchev–Trinajstić information content (AvgIpc) is 2.66. The summed E-state index contributed by atoms with van der Waals surface area (Å²) in [6.07, 6.45) is 1.65. The first-order valence-electron chi connectivity index (χ1n) is 9.30. The molecule has 0 unspecified atom stereocenters. The van der Waals surface area contributed by atoms with Crippen LogP contribution in [0.15, 0.2) is 42.5 Å². The van der Waals surface area contributed by atoms with E-state index in [1.807, 2.05) is 24.3 Å². The number of benzene rings is 2. The second-order valence-electron chi connectivity index (χ2n) is 6.57. The van der Waals surface area contributed by atoms with E-state index < -0.39 is 0 Å². The lowest BCUT2D eigenvalue weighted by molar-refractivity contribution is -0.143. The zero-order chi connectivity index (χ0) is 19.6. The average molecular weight is 371 g/mol. The predicted octanol–water partition coefficient (Wildman–Crippen LogP) is 3.57. The number of aromatic hydroxyl groups is 1. The minimum absolute atomic E-state index is 0.123. The van der Waals surface area contributed by atoms with Crippen LogP contribution in [0.4, 0.5) is 0 Å². The van der Waals surface area contributed by atoms with Crippen LogP contribution < -0.4 is 4.74 Å². The van der Waals surface area contributed by atoms with Crippen LogP contribution in [-0.2, 0) is 28.9 Å². The van der Waals surface area contributed by atoms with Gasteiger partial charge in [-0.05, 0) is 55.6 Å². The molecule has 0 atom stereocenters. The van der Waals surface area contributed by atoms with E-state index >= 15 is 0 Å². The molecule has 5 heteroatoms. The van der Waals surface area contributed by atoms with E-state index in [4.69, 9.17) is 9.47 Å². The molecule has 2 aromatic carbocycles. The third kappa shape index (κ3) is 6.61. The van der Waals surface area contributed by atoms with Crippen molar-refractivity contribution in [3.8, 4) is 11.5 Å². The Morgan fingerprint density at radius 3 is 2.48 bits per heavy atom. The molecule has 0 fully saturated rings. The zero-order valence-electron chi connectivity index (χ0n) is 16.4. The Morgan fingerprint density at radius 2 is 1.81 bits per heavy atom. The Kier molecular flexibility index (Phi) is 8.14. The molecule has 0 spiro atoms. The summed E-state index contributed by atoms with van der Waals surface area (Å²) in [6.45, 7) is 3.89. The molecule has 1 N–H and O–H groups in total. The number of phenols is 1. The third-order valence-electron chi connectivity index (χ3n) is 4.46. The van der Waals surface area contributed by atoms with Crippen LogP contribution in [-0.4, -0.2) is 43.3 Å². The molecule has 2 aromatic rings. The number of hydrogen-bond acceptors (Lipinski definition) is 5. The summed E-state index contributed by atoms with van der Waals surface area (Å²) in [7, 11) is 3.60. The summed E-state index contributed by atoms with van der Waals surface area (Å²) in [5.41, 5.74) is 3.29. The van der Waals surface area contributed by atoms with Gasteiger partial charge in [0.15, 0.2) is 11.5 Å². The Labute approximate surface area is 161 Å². The quantitative estimate of drug-likeness (QED) is 0.647. The van der Waals surface area contributed by atoms with E-state index in [9.17, 15) is 9.90 Å². The van der Waals surface area contributed by atoms with Crippen molar-refractivity contribution in [2.75, 3.05) is 27.3 Å². The standard InChI is InChI=1S/C22H29NO4/c1-4-27-22(25)11-10-18-15-21(26-3)20(24)14-19(18)12-13-23(2)16-17-8-6-5-7-9-17/h5-9,14-15,24H,4,10-13,16H2,1-3H3. The van der Waals surface area contributed by atoms with Gasteiger partial charge in [0.1, 0.15) is 0 Å². The van der Waals surface area contributed by atoms with Crippen LogP contribution in [0.25, 0.3) is 0 Å². The molecule has 0 amide bonds. The monoisotopic (exact) mass is 371 g/mol. The van der Waals surface area contributed by atoms with Crippen molar-refractivity contribution in [2.45, 2.75) is 32.7 Å². The van der Waals surface area contributed by atoms with Crippen LogP contribution >= 0.6 is 0 Å². The summed E-state index contributed by atoms with van der Waals surface area (Å²) >= 11 is 0. The first-order valence-corrected chi connectivity index (χ1v) is 9.30. The number of ether oxygens (including phenoxy) is 2. The van der Waals surface area contributed by atoms with Gasteiger partial charge in [0.2, 0.25) is 0 Å². The molecular formula is C22H29NO4. The molecule has 0 aliphatic rings. The number of rotatable bonds is 10.